The average molecular weight is 362 g/mol. The lowest BCUT2D eigenvalue weighted by atomic mass is 10.2. The Morgan fingerprint density at radius 1 is 1.24 bits per heavy atom. The molecule has 0 unspecified atom stereocenters. The van der Waals surface area contributed by atoms with E-state index >= 15 is 0 Å². The van der Waals surface area contributed by atoms with Gasteiger partial charge in [-0.2, -0.15) is 0 Å². The summed E-state index contributed by atoms with van der Waals surface area (Å²) in [5.74, 6) is 0.175. The fraction of sp³-hybridized carbons (Fsp3) is 0.235. The van der Waals surface area contributed by atoms with Crippen molar-refractivity contribution in [3.05, 3.63) is 63.2 Å². The number of benzene rings is 1. The summed E-state index contributed by atoms with van der Waals surface area (Å²) < 4.78 is 28.6. The summed E-state index contributed by atoms with van der Waals surface area (Å²) in [5, 5.41) is 6.25. The molecule has 25 heavy (non-hydrogen) atoms. The molecular formula is C17H15FN2O4S. The molecule has 8 heteroatoms. The summed E-state index contributed by atoms with van der Waals surface area (Å²) in [6.07, 6.45) is 0. The Hall–Kier alpha value is -2.74. The molecular weight excluding hydrogens is 347 g/mol. The number of nitrogens with zero attached hydrogens (tertiary/aromatic N) is 2. The molecule has 0 N–H and O–H groups in total. The van der Waals surface area contributed by atoms with E-state index in [1.165, 1.54) is 23.5 Å². The second-order valence-electron chi connectivity index (χ2n) is 5.25. The molecule has 2 aromatic heterocycles. The number of hydrogen-bond acceptors (Lipinski definition) is 7. The molecule has 3 rings (SSSR count). The first-order valence-electron chi connectivity index (χ1n) is 7.44. The summed E-state index contributed by atoms with van der Waals surface area (Å²) in [6, 6.07) is 5.76. The number of hydrogen-bond donors (Lipinski definition) is 0. The fourth-order valence-corrected chi connectivity index (χ4v) is 2.83. The molecule has 0 atom stereocenters. The highest BCUT2D eigenvalue weighted by atomic mass is 32.1. The number of aryl methyl sites for hydroxylation is 2. The summed E-state index contributed by atoms with van der Waals surface area (Å²) in [6.45, 7) is 3.65. The van der Waals surface area contributed by atoms with Gasteiger partial charge in [-0.3, -0.25) is 0 Å². The minimum Gasteiger partial charge on any atom is -0.486 e. The third kappa shape index (κ3) is 4.21. The standard InChI is InChI=1S/C17H15FN2O4S/c1-10-16(11(2)24-20-10)17(21)23-7-13-9-25-15(19-13)8-22-14-5-3-12(18)4-6-14/h3-6,9H,7-8H2,1-2H3. The van der Waals surface area contributed by atoms with Crippen molar-refractivity contribution in [2.45, 2.75) is 27.1 Å². The number of carbonyl (C=O) groups excluding carboxylic acids is 1. The largest absolute Gasteiger partial charge is 0.486 e. The maximum absolute atomic E-state index is 12.8. The third-order valence-corrected chi connectivity index (χ3v) is 4.24. The number of rotatable bonds is 6. The average Bonchev–Trinajstić information content (AvgIpc) is 3.19. The SMILES string of the molecule is Cc1noc(C)c1C(=O)OCc1csc(COc2ccc(F)cc2)n1. The molecule has 1 aromatic carbocycles. The van der Waals surface area contributed by atoms with Gasteiger partial charge in [-0.1, -0.05) is 5.16 Å². The van der Waals surface area contributed by atoms with E-state index in [-0.39, 0.29) is 19.0 Å². The zero-order valence-corrected chi connectivity index (χ0v) is 14.4. The molecule has 0 spiro atoms. The lowest BCUT2D eigenvalue weighted by molar-refractivity contribution is 0.0465. The van der Waals surface area contributed by atoms with Gasteiger partial charge in [0, 0.05) is 5.38 Å². The van der Waals surface area contributed by atoms with Crippen molar-refractivity contribution in [1.29, 1.82) is 0 Å². The number of halogens is 1. The smallest absolute Gasteiger partial charge is 0.344 e. The van der Waals surface area contributed by atoms with Crippen molar-refractivity contribution >= 4 is 17.3 Å². The Morgan fingerprint density at radius 3 is 2.68 bits per heavy atom. The molecule has 0 aliphatic rings. The minimum absolute atomic E-state index is 0.0515. The van der Waals surface area contributed by atoms with Gasteiger partial charge in [0.05, 0.1) is 11.4 Å². The third-order valence-electron chi connectivity index (χ3n) is 3.36. The first kappa shape index (κ1) is 17.1. The first-order chi connectivity index (χ1) is 12.0. The second kappa shape index (κ2) is 7.43. The van der Waals surface area contributed by atoms with Crippen molar-refractivity contribution in [1.82, 2.24) is 10.1 Å². The summed E-state index contributed by atoms with van der Waals surface area (Å²) in [5.41, 5.74) is 1.46. The molecule has 0 saturated heterocycles. The van der Waals surface area contributed by atoms with E-state index < -0.39 is 5.97 Å². The van der Waals surface area contributed by atoms with E-state index in [0.717, 1.165) is 5.01 Å². The molecule has 0 aliphatic carbocycles. The molecule has 2 heterocycles. The maximum atomic E-state index is 12.8. The van der Waals surface area contributed by atoms with Gasteiger partial charge in [0.15, 0.2) is 0 Å². The van der Waals surface area contributed by atoms with E-state index in [4.69, 9.17) is 14.0 Å². The quantitative estimate of drug-likeness (QED) is 0.621. The highest BCUT2D eigenvalue weighted by Crippen LogP contribution is 2.18. The zero-order chi connectivity index (χ0) is 17.8. The number of thiazole rings is 1. The number of ether oxygens (including phenoxy) is 2. The van der Waals surface area contributed by atoms with Crippen LogP contribution >= 0.6 is 11.3 Å². The Morgan fingerprint density at radius 2 is 2.00 bits per heavy atom. The Balaban J connectivity index is 1.53. The van der Waals surface area contributed by atoms with Gasteiger partial charge in [0.2, 0.25) is 0 Å². The van der Waals surface area contributed by atoms with Crippen LogP contribution in [0.3, 0.4) is 0 Å². The summed E-state index contributed by atoms with van der Waals surface area (Å²) in [7, 11) is 0. The Labute approximate surface area is 147 Å². The van der Waals surface area contributed by atoms with Crippen LogP contribution in [0.25, 0.3) is 0 Å². The number of aromatic nitrogens is 2. The van der Waals surface area contributed by atoms with Crippen LogP contribution in [0.4, 0.5) is 4.39 Å². The van der Waals surface area contributed by atoms with Gasteiger partial charge in [-0.05, 0) is 38.1 Å². The maximum Gasteiger partial charge on any atom is 0.344 e. The van der Waals surface area contributed by atoms with Crippen molar-refractivity contribution in [3.8, 4) is 5.75 Å². The van der Waals surface area contributed by atoms with E-state index in [1.807, 2.05) is 0 Å². The normalized spacial score (nSPS) is 10.7. The van der Waals surface area contributed by atoms with Crippen molar-refractivity contribution < 1.29 is 23.2 Å². The molecule has 0 saturated carbocycles. The molecule has 130 valence electrons. The topological polar surface area (TPSA) is 74.5 Å². The van der Waals surface area contributed by atoms with Gasteiger partial charge < -0.3 is 14.0 Å². The highest BCUT2D eigenvalue weighted by molar-refractivity contribution is 7.09. The first-order valence-corrected chi connectivity index (χ1v) is 8.32. The van der Waals surface area contributed by atoms with Crippen LogP contribution in [0.2, 0.25) is 0 Å². The van der Waals surface area contributed by atoms with Crippen LogP contribution in [0, 0.1) is 19.7 Å². The van der Waals surface area contributed by atoms with Crippen LogP contribution < -0.4 is 4.74 Å². The minimum atomic E-state index is -0.492. The molecule has 6 nitrogen and oxygen atoms in total. The van der Waals surface area contributed by atoms with Crippen LogP contribution in [0.1, 0.15) is 32.5 Å². The second-order valence-corrected chi connectivity index (χ2v) is 6.19. The number of esters is 1. The van der Waals surface area contributed by atoms with Gasteiger partial charge in [0.25, 0.3) is 0 Å². The van der Waals surface area contributed by atoms with Gasteiger partial charge in [-0.15, -0.1) is 11.3 Å². The monoisotopic (exact) mass is 362 g/mol. The van der Waals surface area contributed by atoms with E-state index in [9.17, 15) is 9.18 Å². The van der Waals surface area contributed by atoms with Crippen LogP contribution in [0.5, 0.6) is 5.75 Å². The Bertz CT molecular complexity index is 854. The van der Waals surface area contributed by atoms with Crippen LogP contribution in [0.15, 0.2) is 34.2 Å². The van der Waals surface area contributed by atoms with Crippen LogP contribution in [-0.2, 0) is 18.0 Å². The predicted molar refractivity (Wildman–Crippen MR) is 87.9 cm³/mol. The van der Waals surface area contributed by atoms with Crippen molar-refractivity contribution in [2.75, 3.05) is 0 Å². The fourth-order valence-electron chi connectivity index (χ4n) is 2.14. The van der Waals surface area contributed by atoms with Gasteiger partial charge in [-0.25, -0.2) is 14.2 Å². The molecule has 0 fully saturated rings. The molecule has 3 aromatic rings. The summed E-state index contributed by atoms with van der Waals surface area (Å²) >= 11 is 1.40. The molecule has 0 amide bonds. The lowest BCUT2D eigenvalue weighted by Gasteiger charge is -2.03. The van der Waals surface area contributed by atoms with E-state index in [0.29, 0.717) is 28.5 Å². The predicted octanol–water partition coefficient (Wildman–Crippen LogP) is 3.82. The Kier molecular flexibility index (Phi) is 5.08. The van der Waals surface area contributed by atoms with Gasteiger partial charge in [0.1, 0.15) is 41.1 Å². The van der Waals surface area contributed by atoms with E-state index in [2.05, 4.69) is 10.1 Å². The molecule has 0 aliphatic heterocycles. The van der Waals surface area contributed by atoms with Crippen molar-refractivity contribution in [2.24, 2.45) is 0 Å². The van der Waals surface area contributed by atoms with Gasteiger partial charge >= 0.3 is 5.97 Å². The number of carbonyl (C=O) groups is 1. The highest BCUT2D eigenvalue weighted by Gasteiger charge is 2.19. The molecule has 0 radical (unpaired) electrons. The lowest BCUT2D eigenvalue weighted by Crippen LogP contribution is -2.07. The van der Waals surface area contributed by atoms with Crippen molar-refractivity contribution in [3.63, 3.8) is 0 Å². The zero-order valence-electron chi connectivity index (χ0n) is 13.6. The summed E-state index contributed by atoms with van der Waals surface area (Å²) in [4.78, 5) is 16.4. The van der Waals surface area contributed by atoms with Crippen LogP contribution in [-0.4, -0.2) is 16.1 Å². The molecule has 0 bridgehead atoms. The van der Waals surface area contributed by atoms with E-state index in [1.54, 1.807) is 31.4 Å².